The molecule has 0 saturated heterocycles. The highest BCUT2D eigenvalue weighted by Crippen LogP contribution is 2.15. The van der Waals surface area contributed by atoms with Gasteiger partial charge >= 0.3 is 0 Å². The summed E-state index contributed by atoms with van der Waals surface area (Å²) >= 11 is 0. The number of aryl methyl sites for hydroxylation is 1. The van der Waals surface area contributed by atoms with E-state index in [-0.39, 0.29) is 6.04 Å². The Kier molecular flexibility index (Phi) is 4.00. The summed E-state index contributed by atoms with van der Waals surface area (Å²) in [4.78, 5) is 4.50. The van der Waals surface area contributed by atoms with Gasteiger partial charge in [-0.1, -0.05) is 13.0 Å². The van der Waals surface area contributed by atoms with Crippen LogP contribution in [0.5, 0.6) is 0 Å². The van der Waals surface area contributed by atoms with Crippen molar-refractivity contribution in [3.8, 4) is 5.82 Å². The zero-order chi connectivity index (χ0) is 14.0. The van der Waals surface area contributed by atoms with Gasteiger partial charge in [-0.2, -0.15) is 5.10 Å². The molecule has 0 spiro atoms. The van der Waals surface area contributed by atoms with E-state index in [1.54, 1.807) is 0 Å². The Labute approximate surface area is 114 Å². The smallest absolute Gasteiger partial charge is 0.153 e. The first-order valence-electron chi connectivity index (χ1n) is 6.76. The third-order valence-corrected chi connectivity index (χ3v) is 3.70. The van der Waals surface area contributed by atoms with Crippen LogP contribution in [-0.4, -0.2) is 20.8 Å². The van der Waals surface area contributed by atoms with Crippen molar-refractivity contribution in [1.82, 2.24) is 14.8 Å². The molecule has 1 unspecified atom stereocenters. The number of aromatic nitrogens is 3. The van der Waals surface area contributed by atoms with Crippen LogP contribution in [0.2, 0.25) is 0 Å². The molecule has 2 heterocycles. The summed E-state index contributed by atoms with van der Waals surface area (Å²) < 4.78 is 1.90. The van der Waals surface area contributed by atoms with Crippen molar-refractivity contribution in [2.45, 2.75) is 46.6 Å². The minimum absolute atomic E-state index is 0.212. The predicted octanol–water partition coefficient (Wildman–Crippen LogP) is 2.47. The highest BCUT2D eigenvalue weighted by atomic mass is 15.3. The summed E-state index contributed by atoms with van der Waals surface area (Å²) in [6.07, 6.45) is 3.76. The quantitative estimate of drug-likeness (QED) is 0.916. The molecular formula is C15H22N4. The predicted molar refractivity (Wildman–Crippen MR) is 77.5 cm³/mol. The van der Waals surface area contributed by atoms with Crippen LogP contribution in [0.3, 0.4) is 0 Å². The molecule has 0 fully saturated rings. The van der Waals surface area contributed by atoms with Gasteiger partial charge < -0.3 is 5.73 Å². The summed E-state index contributed by atoms with van der Waals surface area (Å²) in [5.74, 6) is 0.863. The topological polar surface area (TPSA) is 56.7 Å². The fraction of sp³-hybridized carbons (Fsp3) is 0.467. The van der Waals surface area contributed by atoms with Crippen molar-refractivity contribution in [3.05, 3.63) is 40.8 Å². The monoisotopic (exact) mass is 258 g/mol. The highest BCUT2D eigenvalue weighted by Gasteiger charge is 2.10. The molecule has 0 bridgehead atoms. The zero-order valence-electron chi connectivity index (χ0n) is 12.1. The molecule has 0 amide bonds. The first-order valence-corrected chi connectivity index (χ1v) is 6.76. The van der Waals surface area contributed by atoms with Crippen LogP contribution in [0, 0.1) is 20.8 Å². The second kappa shape index (κ2) is 5.53. The van der Waals surface area contributed by atoms with E-state index in [9.17, 15) is 0 Å². The largest absolute Gasteiger partial charge is 0.327 e. The Morgan fingerprint density at radius 1 is 1.26 bits per heavy atom. The van der Waals surface area contributed by atoms with Gasteiger partial charge in [-0.15, -0.1) is 0 Å². The Morgan fingerprint density at radius 3 is 2.47 bits per heavy atom. The lowest BCUT2D eigenvalue weighted by Gasteiger charge is -2.09. The average Bonchev–Trinajstić information content (AvgIpc) is 2.67. The Balaban J connectivity index is 2.25. The molecule has 0 radical (unpaired) electrons. The lowest BCUT2D eigenvalue weighted by atomic mass is 10.1. The SMILES string of the molecule is CCC(N)Cc1ccc(-n2nc(C)c(C)c2C)nc1. The van der Waals surface area contributed by atoms with Crippen LogP contribution < -0.4 is 5.73 Å². The van der Waals surface area contributed by atoms with Gasteiger partial charge in [0.25, 0.3) is 0 Å². The Hall–Kier alpha value is -1.68. The third-order valence-electron chi connectivity index (χ3n) is 3.70. The first-order chi connectivity index (χ1) is 9.02. The number of rotatable bonds is 4. The molecular weight excluding hydrogens is 236 g/mol. The fourth-order valence-electron chi connectivity index (χ4n) is 2.05. The van der Waals surface area contributed by atoms with Crippen molar-refractivity contribution in [2.75, 3.05) is 0 Å². The van der Waals surface area contributed by atoms with Crippen LogP contribution in [-0.2, 0) is 6.42 Å². The molecule has 102 valence electrons. The zero-order valence-corrected chi connectivity index (χ0v) is 12.1. The van der Waals surface area contributed by atoms with E-state index >= 15 is 0 Å². The average molecular weight is 258 g/mol. The summed E-state index contributed by atoms with van der Waals surface area (Å²) in [6, 6.07) is 4.31. The van der Waals surface area contributed by atoms with Gasteiger partial charge in [0.1, 0.15) is 0 Å². The maximum absolute atomic E-state index is 5.96. The molecule has 0 aliphatic carbocycles. The molecule has 4 heteroatoms. The summed E-state index contributed by atoms with van der Waals surface area (Å²) in [6.45, 7) is 8.28. The van der Waals surface area contributed by atoms with E-state index in [1.807, 2.05) is 23.9 Å². The maximum Gasteiger partial charge on any atom is 0.153 e. The van der Waals surface area contributed by atoms with Crippen LogP contribution in [0.1, 0.15) is 35.9 Å². The molecule has 0 aliphatic heterocycles. The number of hydrogen-bond donors (Lipinski definition) is 1. The van der Waals surface area contributed by atoms with Crippen molar-refractivity contribution < 1.29 is 0 Å². The lowest BCUT2D eigenvalue weighted by molar-refractivity contribution is 0.644. The second-order valence-electron chi connectivity index (χ2n) is 5.10. The Morgan fingerprint density at radius 2 is 2.00 bits per heavy atom. The van der Waals surface area contributed by atoms with Crippen molar-refractivity contribution in [1.29, 1.82) is 0 Å². The molecule has 0 aromatic carbocycles. The van der Waals surface area contributed by atoms with Crippen LogP contribution >= 0.6 is 0 Å². The van der Waals surface area contributed by atoms with Gasteiger partial charge in [0.2, 0.25) is 0 Å². The van der Waals surface area contributed by atoms with Gasteiger partial charge in [0.05, 0.1) is 5.69 Å². The molecule has 2 aromatic rings. The van der Waals surface area contributed by atoms with E-state index in [1.165, 1.54) is 11.1 Å². The van der Waals surface area contributed by atoms with E-state index in [4.69, 9.17) is 5.73 Å². The molecule has 19 heavy (non-hydrogen) atoms. The number of pyridine rings is 1. The molecule has 2 N–H and O–H groups in total. The molecule has 2 aromatic heterocycles. The van der Waals surface area contributed by atoms with Gasteiger partial charge in [0.15, 0.2) is 5.82 Å². The van der Waals surface area contributed by atoms with Crippen LogP contribution in [0.25, 0.3) is 5.82 Å². The summed E-state index contributed by atoms with van der Waals surface area (Å²) in [5, 5.41) is 4.52. The standard InChI is InChI=1S/C15H22N4/c1-5-14(16)8-13-6-7-15(17-9-13)19-12(4)10(2)11(3)18-19/h6-7,9,14H,5,8,16H2,1-4H3. The molecule has 2 rings (SSSR count). The van der Waals surface area contributed by atoms with Gasteiger partial charge in [-0.3, -0.25) is 0 Å². The van der Waals surface area contributed by atoms with E-state index in [0.717, 1.165) is 30.0 Å². The first kappa shape index (κ1) is 13.7. The maximum atomic E-state index is 5.96. The van der Waals surface area contributed by atoms with Gasteiger partial charge in [-0.05, 0) is 50.8 Å². The van der Waals surface area contributed by atoms with Gasteiger partial charge in [-0.25, -0.2) is 9.67 Å². The van der Waals surface area contributed by atoms with Crippen LogP contribution in [0.4, 0.5) is 0 Å². The lowest BCUT2D eigenvalue weighted by Crippen LogP contribution is -2.21. The molecule has 1 atom stereocenters. The highest BCUT2D eigenvalue weighted by molar-refractivity contribution is 5.32. The minimum Gasteiger partial charge on any atom is -0.327 e. The number of nitrogens with zero attached hydrogens (tertiary/aromatic N) is 3. The van der Waals surface area contributed by atoms with Crippen molar-refractivity contribution in [3.63, 3.8) is 0 Å². The van der Waals surface area contributed by atoms with Crippen LogP contribution in [0.15, 0.2) is 18.3 Å². The van der Waals surface area contributed by atoms with E-state index in [0.29, 0.717) is 0 Å². The van der Waals surface area contributed by atoms with E-state index < -0.39 is 0 Å². The molecule has 0 aliphatic rings. The number of nitrogens with two attached hydrogens (primary N) is 1. The normalized spacial score (nSPS) is 12.7. The van der Waals surface area contributed by atoms with Crippen molar-refractivity contribution in [2.24, 2.45) is 5.73 Å². The second-order valence-corrected chi connectivity index (χ2v) is 5.10. The number of hydrogen-bond acceptors (Lipinski definition) is 3. The minimum atomic E-state index is 0.212. The summed E-state index contributed by atoms with van der Waals surface area (Å²) in [7, 11) is 0. The molecule has 0 saturated carbocycles. The molecule has 4 nitrogen and oxygen atoms in total. The third kappa shape index (κ3) is 2.84. The van der Waals surface area contributed by atoms with E-state index in [2.05, 4.69) is 36.9 Å². The van der Waals surface area contributed by atoms with Gasteiger partial charge in [0, 0.05) is 17.9 Å². The Bertz CT molecular complexity index is 554. The fourth-order valence-corrected chi connectivity index (χ4v) is 2.05. The van der Waals surface area contributed by atoms with Crippen molar-refractivity contribution >= 4 is 0 Å². The summed E-state index contributed by atoms with van der Waals surface area (Å²) in [5.41, 5.74) is 10.5.